The largest absolute Gasteiger partial charge is 0.472 e. The summed E-state index contributed by atoms with van der Waals surface area (Å²) in [5, 5.41) is 0. The van der Waals surface area contributed by atoms with Crippen molar-refractivity contribution in [3.05, 3.63) is 0 Å². The Hall–Kier alpha value is -1.03. The first-order valence-corrected chi connectivity index (χ1v) is 17.5. The van der Waals surface area contributed by atoms with Crippen molar-refractivity contribution in [3.8, 4) is 0 Å². The molecule has 244 valence electrons. The third kappa shape index (κ3) is 28.8. The minimum Gasteiger partial charge on any atom is -0.462 e. The fourth-order valence-corrected chi connectivity index (χ4v) is 4.89. The third-order valence-corrected chi connectivity index (χ3v) is 7.72. The Labute approximate surface area is 250 Å². The van der Waals surface area contributed by atoms with E-state index in [1.54, 1.807) is 0 Å². The fraction of sp³-hybridized carbons (Fsp3) is 0.933. The summed E-state index contributed by atoms with van der Waals surface area (Å²) in [5.74, 6) is -0.935. The first kappa shape index (κ1) is 40.0. The molecule has 0 aliphatic rings. The lowest BCUT2D eigenvalue weighted by atomic mass is 10.0. The van der Waals surface area contributed by atoms with Crippen LogP contribution in [0.4, 0.5) is 0 Å². The summed E-state index contributed by atoms with van der Waals surface area (Å²) in [5.41, 5.74) is 5.44. The van der Waals surface area contributed by atoms with Crippen molar-refractivity contribution in [3.63, 3.8) is 0 Å². The number of phosphoric acid groups is 1. The van der Waals surface area contributed by atoms with Crippen molar-refractivity contribution in [2.75, 3.05) is 54.1 Å². The van der Waals surface area contributed by atoms with Gasteiger partial charge in [0.1, 0.15) is 19.8 Å². The Bertz CT molecular complexity index is 702. The molecule has 0 aliphatic carbocycles. The second kappa shape index (κ2) is 25.5. The lowest BCUT2D eigenvalue weighted by molar-refractivity contribution is -0.870. The number of hydrogen-bond donors (Lipinski definition) is 2. The number of quaternary nitrogens is 1. The molecule has 0 saturated heterocycles. The lowest BCUT2D eigenvalue weighted by Gasteiger charge is -2.24. The molecule has 0 heterocycles. The zero-order chi connectivity index (χ0) is 30.8. The van der Waals surface area contributed by atoms with Gasteiger partial charge < -0.3 is 24.6 Å². The van der Waals surface area contributed by atoms with Crippen molar-refractivity contribution in [2.24, 2.45) is 5.73 Å². The van der Waals surface area contributed by atoms with Gasteiger partial charge in [0.25, 0.3) is 0 Å². The third-order valence-electron chi connectivity index (χ3n) is 6.74. The molecule has 0 aromatic rings. The van der Waals surface area contributed by atoms with E-state index in [2.05, 4.69) is 6.92 Å². The van der Waals surface area contributed by atoms with Crippen molar-refractivity contribution in [2.45, 2.75) is 129 Å². The molecule has 41 heavy (non-hydrogen) atoms. The number of hydrogen-bond acceptors (Lipinski definition) is 8. The summed E-state index contributed by atoms with van der Waals surface area (Å²) >= 11 is 0. The van der Waals surface area contributed by atoms with Gasteiger partial charge in [-0.2, -0.15) is 0 Å². The predicted octanol–water partition coefficient (Wildman–Crippen LogP) is 6.28. The molecule has 3 N–H and O–H groups in total. The van der Waals surface area contributed by atoms with Crippen LogP contribution in [0.3, 0.4) is 0 Å². The SMILES string of the molecule is CCCCCCCCCCCCCCCCCC(=O)OCC(COP(=O)(O)OCC[N+](C)(C)C)OC(=O)CCCN. The molecular weight excluding hydrogens is 547 g/mol. The van der Waals surface area contributed by atoms with Crippen LogP contribution in [0, 0.1) is 0 Å². The molecule has 0 amide bonds. The highest BCUT2D eigenvalue weighted by molar-refractivity contribution is 7.47. The maximum Gasteiger partial charge on any atom is 0.472 e. The van der Waals surface area contributed by atoms with Gasteiger partial charge in [-0.25, -0.2) is 4.57 Å². The zero-order valence-electron chi connectivity index (χ0n) is 26.6. The van der Waals surface area contributed by atoms with Crippen molar-refractivity contribution in [1.82, 2.24) is 0 Å². The summed E-state index contributed by atoms with van der Waals surface area (Å²) in [6, 6.07) is 0. The molecule has 2 atom stereocenters. The van der Waals surface area contributed by atoms with Gasteiger partial charge in [0.2, 0.25) is 0 Å². The molecule has 10 nitrogen and oxygen atoms in total. The molecule has 0 radical (unpaired) electrons. The number of unbranched alkanes of at least 4 members (excludes halogenated alkanes) is 14. The Morgan fingerprint density at radius 3 is 1.71 bits per heavy atom. The first-order valence-electron chi connectivity index (χ1n) is 16.0. The van der Waals surface area contributed by atoms with Gasteiger partial charge in [0.05, 0.1) is 27.7 Å². The van der Waals surface area contributed by atoms with E-state index < -0.39 is 32.5 Å². The van der Waals surface area contributed by atoms with Gasteiger partial charge in [-0.05, 0) is 19.4 Å². The summed E-state index contributed by atoms with van der Waals surface area (Å²) in [6.45, 7) is 2.42. The highest BCUT2D eigenvalue weighted by Gasteiger charge is 2.27. The minimum atomic E-state index is -4.35. The fourth-order valence-electron chi connectivity index (χ4n) is 4.15. The average Bonchev–Trinajstić information content (AvgIpc) is 2.90. The van der Waals surface area contributed by atoms with Crippen molar-refractivity contribution < 1.29 is 42.1 Å². The second-order valence-corrected chi connectivity index (χ2v) is 13.5. The Morgan fingerprint density at radius 1 is 0.732 bits per heavy atom. The molecule has 0 rings (SSSR count). The van der Waals surface area contributed by atoms with E-state index in [1.165, 1.54) is 77.0 Å². The molecule has 11 heteroatoms. The van der Waals surface area contributed by atoms with Crippen LogP contribution in [0.5, 0.6) is 0 Å². The van der Waals surface area contributed by atoms with Crippen LogP contribution in [0.1, 0.15) is 122 Å². The van der Waals surface area contributed by atoms with Crippen LogP contribution < -0.4 is 5.73 Å². The van der Waals surface area contributed by atoms with E-state index in [4.69, 9.17) is 24.3 Å². The predicted molar refractivity (Wildman–Crippen MR) is 163 cm³/mol. The number of likely N-dealkylation sites (N-methyl/N-ethyl adjacent to an activating group) is 1. The summed E-state index contributed by atoms with van der Waals surface area (Å²) < 4.78 is 33.4. The molecule has 0 bridgehead atoms. The van der Waals surface area contributed by atoms with Gasteiger partial charge in [0, 0.05) is 12.8 Å². The van der Waals surface area contributed by atoms with E-state index in [1.807, 2.05) is 21.1 Å². The van der Waals surface area contributed by atoms with E-state index >= 15 is 0 Å². The Morgan fingerprint density at radius 2 is 1.22 bits per heavy atom. The van der Waals surface area contributed by atoms with Gasteiger partial charge in [-0.3, -0.25) is 18.6 Å². The maximum absolute atomic E-state index is 12.2. The summed E-state index contributed by atoms with van der Waals surface area (Å²) in [6.07, 6.45) is 18.5. The number of phosphoric ester groups is 1. The molecule has 0 aliphatic heterocycles. The van der Waals surface area contributed by atoms with E-state index in [0.717, 1.165) is 19.3 Å². The number of nitrogens with two attached hydrogens (primary N) is 1. The van der Waals surface area contributed by atoms with E-state index in [9.17, 15) is 19.0 Å². The minimum absolute atomic E-state index is 0.0203. The topological polar surface area (TPSA) is 134 Å². The number of ether oxygens (including phenoxy) is 2. The van der Waals surface area contributed by atoms with E-state index in [-0.39, 0.29) is 26.1 Å². The number of rotatable bonds is 29. The van der Waals surface area contributed by atoms with Crippen LogP contribution in [0.2, 0.25) is 0 Å². The van der Waals surface area contributed by atoms with Gasteiger partial charge in [-0.15, -0.1) is 0 Å². The van der Waals surface area contributed by atoms with Crippen LogP contribution in [-0.4, -0.2) is 81.5 Å². The molecule has 0 spiro atoms. The van der Waals surface area contributed by atoms with Crippen molar-refractivity contribution in [1.29, 1.82) is 0 Å². The van der Waals surface area contributed by atoms with Gasteiger partial charge in [-0.1, -0.05) is 96.8 Å². The smallest absolute Gasteiger partial charge is 0.462 e. The van der Waals surface area contributed by atoms with Gasteiger partial charge in [0.15, 0.2) is 6.10 Å². The summed E-state index contributed by atoms with van der Waals surface area (Å²) in [4.78, 5) is 34.2. The van der Waals surface area contributed by atoms with Crippen LogP contribution in [-0.2, 0) is 32.7 Å². The second-order valence-electron chi connectivity index (χ2n) is 12.0. The number of esters is 2. The average molecular weight is 610 g/mol. The van der Waals surface area contributed by atoms with Gasteiger partial charge >= 0.3 is 19.8 Å². The molecule has 0 aromatic carbocycles. The molecule has 2 unspecified atom stereocenters. The summed E-state index contributed by atoms with van der Waals surface area (Å²) in [7, 11) is 1.43. The van der Waals surface area contributed by atoms with Crippen LogP contribution >= 0.6 is 7.82 Å². The zero-order valence-corrected chi connectivity index (χ0v) is 27.5. The highest BCUT2D eigenvalue weighted by Crippen LogP contribution is 2.43. The lowest BCUT2D eigenvalue weighted by Crippen LogP contribution is -2.37. The normalized spacial score (nSPS) is 14.0. The number of carbonyl (C=O) groups is 2. The first-order chi connectivity index (χ1) is 19.5. The molecule has 0 saturated carbocycles. The monoisotopic (exact) mass is 609 g/mol. The molecule has 0 fully saturated rings. The number of nitrogens with zero attached hydrogens (tertiary/aromatic N) is 1. The quantitative estimate of drug-likeness (QED) is 0.0435. The molecule has 0 aromatic heterocycles. The highest BCUT2D eigenvalue weighted by atomic mass is 31.2. The number of carbonyl (C=O) groups excluding carboxylic acids is 2. The maximum atomic E-state index is 12.2. The van der Waals surface area contributed by atoms with Crippen LogP contribution in [0.25, 0.3) is 0 Å². The Kier molecular flexibility index (Phi) is 24.8. The standard InChI is InChI=1S/C30H61N2O8P/c1-5-6-7-8-9-10-11-12-13-14-15-16-17-18-19-21-29(33)37-26-28(40-30(34)22-20-23-31)27-39-41(35,36)38-25-24-32(2,3)4/h28H,5-27,31H2,1-4H3/p+1. The van der Waals surface area contributed by atoms with Crippen molar-refractivity contribution >= 4 is 19.8 Å². The molecular formula is C30H62N2O8P+. The van der Waals surface area contributed by atoms with E-state index in [0.29, 0.717) is 24.0 Å². The Balaban J connectivity index is 4.12. The van der Waals surface area contributed by atoms with Crippen LogP contribution in [0.15, 0.2) is 0 Å².